The zero-order valence-electron chi connectivity index (χ0n) is 38.5. The minimum absolute atomic E-state index is 0.169. The predicted molar refractivity (Wildman–Crippen MR) is 287 cm³/mol. The summed E-state index contributed by atoms with van der Waals surface area (Å²) in [6.45, 7) is 4.76. The Labute approximate surface area is 402 Å². The molecule has 0 saturated heterocycles. The van der Waals surface area contributed by atoms with Crippen LogP contribution in [0.3, 0.4) is 0 Å². The first-order chi connectivity index (χ1) is 34.0. The van der Waals surface area contributed by atoms with E-state index >= 15 is 0 Å². The normalized spacial score (nSPS) is 13.9. The number of benzene rings is 10. The highest BCUT2D eigenvalue weighted by molar-refractivity contribution is 6.14. The van der Waals surface area contributed by atoms with Gasteiger partial charge in [-0.15, -0.1) is 0 Å². The van der Waals surface area contributed by atoms with E-state index < -0.39 is 5.41 Å². The van der Waals surface area contributed by atoms with Gasteiger partial charge in [-0.05, 0) is 141 Å². The summed E-state index contributed by atoms with van der Waals surface area (Å²) >= 11 is 0. The highest BCUT2D eigenvalue weighted by Crippen LogP contribution is 2.58. The Morgan fingerprint density at radius 3 is 1.51 bits per heavy atom. The fourth-order valence-corrected chi connectivity index (χ4v) is 12.3. The van der Waals surface area contributed by atoms with E-state index in [0.717, 1.165) is 28.4 Å². The first-order valence-corrected chi connectivity index (χ1v) is 24.1. The lowest BCUT2D eigenvalue weighted by Gasteiger charge is -2.35. The number of rotatable bonds is 7. The number of fused-ring (bicyclic) bond motifs is 10. The average Bonchev–Trinajstić information content (AvgIpc) is 4.12. The van der Waals surface area contributed by atoms with Crippen LogP contribution in [-0.4, -0.2) is 9.13 Å². The van der Waals surface area contributed by atoms with Crippen molar-refractivity contribution in [2.75, 3.05) is 4.90 Å². The van der Waals surface area contributed by atoms with Crippen LogP contribution < -0.4 is 4.90 Å². The molecule has 2 aromatic heterocycles. The van der Waals surface area contributed by atoms with E-state index in [1.807, 2.05) is 0 Å². The lowest BCUT2D eigenvalue weighted by Crippen LogP contribution is -2.28. The Morgan fingerprint density at radius 1 is 0.348 bits per heavy atom. The molecule has 2 heterocycles. The molecular formula is C66H47N3. The van der Waals surface area contributed by atoms with Crippen molar-refractivity contribution in [1.29, 1.82) is 0 Å². The van der Waals surface area contributed by atoms with Crippen molar-refractivity contribution < 1.29 is 0 Å². The number of aromatic nitrogens is 2. The predicted octanol–water partition coefficient (Wildman–Crippen LogP) is 16.9. The Kier molecular flexibility index (Phi) is 8.54. The molecule has 0 fully saturated rings. The number of hydrogen-bond acceptors (Lipinski definition) is 1. The van der Waals surface area contributed by atoms with Gasteiger partial charge in [0.05, 0.1) is 22.0 Å². The molecule has 14 rings (SSSR count). The molecule has 3 heteroatoms. The molecule has 10 aromatic carbocycles. The van der Waals surface area contributed by atoms with Crippen molar-refractivity contribution in [2.45, 2.75) is 24.7 Å². The summed E-state index contributed by atoms with van der Waals surface area (Å²) in [7, 11) is 0. The largest absolute Gasteiger partial charge is 0.316 e. The van der Waals surface area contributed by atoms with Crippen LogP contribution in [0.15, 0.2) is 249 Å². The van der Waals surface area contributed by atoms with Gasteiger partial charge in [0.2, 0.25) is 0 Å². The van der Waals surface area contributed by atoms with Crippen molar-refractivity contribution in [1.82, 2.24) is 9.13 Å². The molecule has 69 heavy (non-hydrogen) atoms. The molecule has 0 saturated carbocycles. The fourth-order valence-electron chi connectivity index (χ4n) is 12.3. The quantitative estimate of drug-likeness (QED) is 0.155. The van der Waals surface area contributed by atoms with E-state index in [9.17, 15) is 0 Å². The number of nitrogens with zero attached hydrogens (tertiary/aromatic N) is 3. The molecule has 0 N–H and O–H groups in total. The van der Waals surface area contributed by atoms with Gasteiger partial charge >= 0.3 is 0 Å². The Bertz CT molecular complexity index is 3930. The van der Waals surface area contributed by atoms with E-state index in [0.29, 0.717) is 0 Å². The number of para-hydroxylation sites is 2. The number of anilines is 3. The summed E-state index contributed by atoms with van der Waals surface area (Å²) in [5.74, 6) is 0. The van der Waals surface area contributed by atoms with Crippen molar-refractivity contribution in [3.63, 3.8) is 0 Å². The second-order valence-electron chi connectivity index (χ2n) is 19.3. The summed E-state index contributed by atoms with van der Waals surface area (Å²) in [4.78, 5) is 2.51. The monoisotopic (exact) mass is 881 g/mol. The Balaban J connectivity index is 1.04. The maximum atomic E-state index is 2.51. The minimum Gasteiger partial charge on any atom is -0.316 e. The summed E-state index contributed by atoms with van der Waals surface area (Å²) < 4.78 is 4.75. The molecule has 0 radical (unpaired) electrons. The fraction of sp³-hybridized carbons (Fsp3) is 0.0606. The van der Waals surface area contributed by atoms with Gasteiger partial charge in [0.25, 0.3) is 0 Å². The van der Waals surface area contributed by atoms with Gasteiger partial charge in [-0.25, -0.2) is 0 Å². The molecule has 0 unspecified atom stereocenters. The zero-order chi connectivity index (χ0) is 45.8. The first kappa shape index (κ1) is 39.5. The third-order valence-electron chi connectivity index (χ3n) is 15.4. The molecule has 326 valence electrons. The van der Waals surface area contributed by atoms with Gasteiger partial charge in [-0.2, -0.15) is 0 Å². The van der Waals surface area contributed by atoms with E-state index in [4.69, 9.17) is 0 Å². The van der Waals surface area contributed by atoms with Gasteiger partial charge in [-0.1, -0.05) is 172 Å². The van der Waals surface area contributed by atoms with E-state index in [2.05, 4.69) is 277 Å². The maximum Gasteiger partial charge on any atom is 0.0714 e. The first-order valence-electron chi connectivity index (χ1n) is 24.1. The van der Waals surface area contributed by atoms with E-state index in [1.165, 1.54) is 88.3 Å². The zero-order valence-corrected chi connectivity index (χ0v) is 38.5. The molecule has 12 aromatic rings. The lowest BCUT2D eigenvalue weighted by atomic mass is 9.67. The van der Waals surface area contributed by atoms with Crippen molar-refractivity contribution in [3.05, 3.63) is 282 Å². The topological polar surface area (TPSA) is 13.1 Å². The van der Waals surface area contributed by atoms with E-state index in [-0.39, 0.29) is 5.41 Å². The highest BCUT2D eigenvalue weighted by atomic mass is 15.1. The molecule has 0 bridgehead atoms. The Morgan fingerprint density at radius 2 is 0.841 bits per heavy atom. The second-order valence-corrected chi connectivity index (χ2v) is 19.3. The summed E-state index contributed by atoms with van der Waals surface area (Å²) in [5, 5.41) is 3.63. The van der Waals surface area contributed by atoms with Crippen molar-refractivity contribution in [3.8, 4) is 33.6 Å². The standard InChI is InChI=1S/C66H47N3/c1-65(2)58-29-17-15-27-52(58)54-34-31-50(41-60(54)65)68(51-32-35-55-53-28-16-18-30-59(53)66(61(55)42-51,45-19-7-3-8-20-45)46-21-9-4-10-22-46)49-33-36-62-57(40-49)56-39-44-37-38-67(47-23-11-5-12-24-47)63(44)43-64(56)69(62)48-25-13-6-14-26-48/h3-43H,1-2H3. The molecule has 0 spiro atoms. The van der Waals surface area contributed by atoms with Crippen LogP contribution in [0.1, 0.15) is 47.2 Å². The molecule has 0 aliphatic heterocycles. The highest BCUT2D eigenvalue weighted by Gasteiger charge is 2.46. The van der Waals surface area contributed by atoms with E-state index in [1.54, 1.807) is 0 Å². The number of hydrogen-bond donors (Lipinski definition) is 0. The van der Waals surface area contributed by atoms with Gasteiger partial charge in [0.15, 0.2) is 0 Å². The molecule has 2 aliphatic rings. The lowest BCUT2D eigenvalue weighted by molar-refractivity contribution is 0.660. The van der Waals surface area contributed by atoms with Crippen LogP contribution in [0.4, 0.5) is 17.1 Å². The smallest absolute Gasteiger partial charge is 0.0714 e. The molecule has 3 nitrogen and oxygen atoms in total. The third kappa shape index (κ3) is 5.68. The van der Waals surface area contributed by atoms with Crippen molar-refractivity contribution in [2.24, 2.45) is 0 Å². The molecule has 2 aliphatic carbocycles. The van der Waals surface area contributed by atoms with Gasteiger partial charge in [0.1, 0.15) is 0 Å². The van der Waals surface area contributed by atoms with Crippen molar-refractivity contribution >= 4 is 49.8 Å². The average molecular weight is 882 g/mol. The summed E-state index contributed by atoms with van der Waals surface area (Å²) in [6.07, 6.45) is 2.20. The summed E-state index contributed by atoms with van der Waals surface area (Å²) in [5.41, 5.74) is 21.4. The second kappa shape index (κ2) is 14.9. The van der Waals surface area contributed by atoms with Gasteiger partial charge in [0, 0.05) is 56.2 Å². The van der Waals surface area contributed by atoms with Crippen LogP contribution in [0.25, 0.3) is 66.3 Å². The van der Waals surface area contributed by atoms with Crippen LogP contribution in [-0.2, 0) is 10.8 Å². The van der Waals surface area contributed by atoms with Gasteiger partial charge < -0.3 is 14.0 Å². The van der Waals surface area contributed by atoms with Crippen LogP contribution in [0.2, 0.25) is 0 Å². The third-order valence-corrected chi connectivity index (χ3v) is 15.4. The molecular weight excluding hydrogens is 835 g/mol. The van der Waals surface area contributed by atoms with Gasteiger partial charge in [-0.3, -0.25) is 0 Å². The molecule has 0 atom stereocenters. The Hall–Kier alpha value is -8.66. The minimum atomic E-state index is -0.535. The van der Waals surface area contributed by atoms with Crippen LogP contribution >= 0.6 is 0 Å². The SMILES string of the molecule is CC1(C)c2ccccc2-c2ccc(N(c3ccc4c(c3)C(c3ccccc3)(c3ccccc3)c3ccccc3-4)c3ccc4c(c3)c3cc5ccn(-c6ccccc6)c5cc3n4-c3ccccc3)cc21. The summed E-state index contributed by atoms with van der Waals surface area (Å²) in [6, 6.07) is 90.2. The van der Waals surface area contributed by atoms with Crippen LogP contribution in [0, 0.1) is 0 Å². The molecule has 0 amide bonds. The van der Waals surface area contributed by atoms with Crippen LogP contribution in [0.5, 0.6) is 0 Å². The maximum absolute atomic E-state index is 2.51.